The maximum atomic E-state index is 14.9. The molecule has 7 rings (SSSR count). The Balaban J connectivity index is 1.15. The molecule has 10 atom stereocenters. The van der Waals surface area contributed by atoms with Gasteiger partial charge in [-0.25, -0.2) is 0 Å². The van der Waals surface area contributed by atoms with Crippen molar-refractivity contribution in [3.63, 3.8) is 0 Å². The lowest BCUT2D eigenvalue weighted by Crippen LogP contribution is -2.60. The molecule has 55 heavy (non-hydrogen) atoms. The number of carbonyl (C=O) groups excluding carboxylic acids is 3. The number of amides is 3. The summed E-state index contributed by atoms with van der Waals surface area (Å²) in [5.74, 6) is -2.09. The van der Waals surface area contributed by atoms with Gasteiger partial charge in [0.2, 0.25) is 5.91 Å². The Morgan fingerprint density at radius 1 is 0.982 bits per heavy atom. The van der Waals surface area contributed by atoms with E-state index in [9.17, 15) is 44.7 Å². The third-order valence-corrected chi connectivity index (χ3v) is 14.3. The Morgan fingerprint density at radius 3 is 2.42 bits per heavy atom. The first kappa shape index (κ1) is 39.5. The fraction of sp³-hybridized carbons (Fsp3) is 0.462. The quantitative estimate of drug-likeness (QED) is 0.164. The molecule has 1 spiro atoms. The zero-order chi connectivity index (χ0) is 39.6. The molecule has 0 unspecified atom stereocenters. The van der Waals surface area contributed by atoms with Crippen molar-refractivity contribution < 1.29 is 54.2 Å². The number of halogens is 1. The monoisotopic (exact) mass is 795 g/mol. The van der Waals surface area contributed by atoms with Crippen molar-refractivity contribution in [1.82, 2.24) is 4.90 Å². The predicted octanol–water partition coefficient (Wildman–Crippen LogP) is 1.76. The fourth-order valence-corrected chi connectivity index (χ4v) is 11.7. The van der Waals surface area contributed by atoms with E-state index in [0.29, 0.717) is 34.8 Å². The second-order valence-electron chi connectivity index (χ2n) is 15.6. The van der Waals surface area contributed by atoms with Crippen LogP contribution in [0.3, 0.4) is 0 Å². The van der Waals surface area contributed by atoms with Crippen LogP contribution < -0.4 is 10.2 Å². The SMILES string of the molecule is C[C@H]1[C@H]([Si](C)(C)O)[C@@H](CC(=O)N2Cc3ccccc3C[C@H]2CO)O[C@]12C(=O)N(Cc1cccc(NC(=O)[C@H]3O[C@@H](O)[C@H](O)[C@@H](O)[C@@H]3O)c1)c1ccc(Cl)cc12. The number of fused-ring (bicyclic) bond motifs is 3. The molecule has 2 fully saturated rings. The number of nitrogens with zero attached hydrogens (tertiary/aromatic N) is 2. The minimum Gasteiger partial charge on any atom is -0.432 e. The van der Waals surface area contributed by atoms with E-state index in [4.69, 9.17) is 21.1 Å². The summed E-state index contributed by atoms with van der Waals surface area (Å²) >= 11 is 6.56. The molecule has 3 amide bonds. The zero-order valence-corrected chi connectivity index (χ0v) is 32.3. The maximum Gasteiger partial charge on any atom is 0.264 e. The Hall–Kier alpha value is -3.74. The smallest absolute Gasteiger partial charge is 0.264 e. The number of ether oxygens (including phenoxy) is 2. The van der Waals surface area contributed by atoms with Crippen LogP contribution in [0, 0.1) is 5.92 Å². The van der Waals surface area contributed by atoms with Crippen molar-refractivity contribution in [3.05, 3.63) is 94.0 Å². The van der Waals surface area contributed by atoms with Crippen LogP contribution in [0.5, 0.6) is 0 Å². The molecule has 7 N–H and O–H groups in total. The molecule has 16 heteroatoms. The molecule has 0 radical (unpaired) electrons. The summed E-state index contributed by atoms with van der Waals surface area (Å²) in [5.41, 5.74) is 1.87. The lowest BCUT2D eigenvalue weighted by atomic mass is 9.82. The second kappa shape index (κ2) is 15.0. The largest absolute Gasteiger partial charge is 0.432 e. The first-order valence-electron chi connectivity index (χ1n) is 18.3. The van der Waals surface area contributed by atoms with Gasteiger partial charge in [0.25, 0.3) is 11.8 Å². The van der Waals surface area contributed by atoms with Gasteiger partial charge in [0.15, 0.2) is 26.3 Å². The van der Waals surface area contributed by atoms with Crippen molar-refractivity contribution in [2.24, 2.45) is 5.92 Å². The van der Waals surface area contributed by atoms with Gasteiger partial charge < -0.3 is 54.9 Å². The summed E-state index contributed by atoms with van der Waals surface area (Å²) in [6.45, 7) is 5.55. The van der Waals surface area contributed by atoms with E-state index < -0.39 is 80.0 Å². The lowest BCUT2D eigenvalue weighted by molar-refractivity contribution is -0.274. The van der Waals surface area contributed by atoms with Gasteiger partial charge in [-0.05, 0) is 66.5 Å². The molecule has 2 saturated heterocycles. The third kappa shape index (κ3) is 7.00. The van der Waals surface area contributed by atoms with Gasteiger partial charge in [0, 0.05) is 34.3 Å². The van der Waals surface area contributed by atoms with Crippen LogP contribution in [-0.2, 0) is 49.0 Å². The highest BCUT2D eigenvalue weighted by molar-refractivity contribution is 6.71. The first-order valence-corrected chi connectivity index (χ1v) is 21.7. The van der Waals surface area contributed by atoms with E-state index >= 15 is 0 Å². The third-order valence-electron chi connectivity index (χ3n) is 11.6. The van der Waals surface area contributed by atoms with Crippen LogP contribution >= 0.6 is 11.6 Å². The molecular weight excluding hydrogens is 750 g/mol. The van der Waals surface area contributed by atoms with Gasteiger partial charge in [-0.1, -0.05) is 54.9 Å². The van der Waals surface area contributed by atoms with Crippen LogP contribution in [0.4, 0.5) is 11.4 Å². The summed E-state index contributed by atoms with van der Waals surface area (Å²) in [5, 5.41) is 53.3. The Morgan fingerprint density at radius 2 is 1.71 bits per heavy atom. The number of nitrogens with one attached hydrogen (secondary N) is 1. The van der Waals surface area contributed by atoms with Crippen LogP contribution in [0.1, 0.15) is 35.6 Å². The van der Waals surface area contributed by atoms with Crippen LogP contribution in [0.15, 0.2) is 66.7 Å². The van der Waals surface area contributed by atoms with Crippen LogP contribution in [0.25, 0.3) is 0 Å². The molecule has 0 saturated carbocycles. The van der Waals surface area contributed by atoms with Crippen LogP contribution in [-0.4, -0.2) is 111 Å². The Labute approximate surface area is 324 Å². The molecule has 3 aromatic carbocycles. The molecule has 0 aliphatic carbocycles. The Bertz CT molecular complexity index is 1980. The number of rotatable bonds is 8. The van der Waals surface area contributed by atoms with Crippen molar-refractivity contribution in [2.45, 2.75) is 99.9 Å². The van der Waals surface area contributed by atoms with Gasteiger partial charge in [0.05, 0.1) is 37.4 Å². The molecule has 4 aliphatic heterocycles. The standard InChI is InChI=1S/C39H46ClN3O11Si/c1-20-35(55(2,3)52)29(16-30(45)42-18-23-9-5-4-8-22(23)14-26(42)19-44)54-39(20)27-15-24(40)11-12-28(27)43(38(39)51)17-21-7-6-10-25(13-21)41-36(49)34-32(47)31(46)33(48)37(50)53-34/h4-13,15,20,26,29,31-35,37,44,46-48,50,52H,14,16-19H2,1-3H3,(H,41,49)/t20-,26-,29+,31-,32-,33+,34-,35-,37+,39+/m0/s1. The summed E-state index contributed by atoms with van der Waals surface area (Å²) in [4.78, 5) is 57.1. The van der Waals surface area contributed by atoms with Crippen molar-refractivity contribution in [1.29, 1.82) is 0 Å². The average molecular weight is 796 g/mol. The van der Waals surface area contributed by atoms with Gasteiger partial charge >= 0.3 is 0 Å². The van der Waals surface area contributed by atoms with Crippen molar-refractivity contribution >= 4 is 49.0 Å². The molecule has 294 valence electrons. The molecule has 3 aromatic rings. The van der Waals surface area contributed by atoms with E-state index in [1.807, 2.05) is 31.2 Å². The highest BCUT2D eigenvalue weighted by Gasteiger charge is 2.66. The molecule has 0 bridgehead atoms. The van der Waals surface area contributed by atoms with Gasteiger partial charge in [0.1, 0.15) is 18.3 Å². The summed E-state index contributed by atoms with van der Waals surface area (Å²) in [6.07, 6.45) is -9.41. The van der Waals surface area contributed by atoms with E-state index in [-0.39, 0.29) is 31.2 Å². The molecular formula is C39H46ClN3O11Si. The molecule has 0 aromatic heterocycles. The number of hydrogen-bond acceptors (Lipinski definition) is 11. The summed E-state index contributed by atoms with van der Waals surface area (Å²) in [6, 6.07) is 19.1. The lowest BCUT2D eigenvalue weighted by Gasteiger charge is -2.37. The molecule has 4 heterocycles. The van der Waals surface area contributed by atoms with Crippen LogP contribution in [0.2, 0.25) is 23.7 Å². The normalized spacial score (nSPS) is 31.7. The average Bonchev–Trinajstić information content (AvgIpc) is 3.57. The summed E-state index contributed by atoms with van der Waals surface area (Å²) in [7, 11) is -3.12. The summed E-state index contributed by atoms with van der Waals surface area (Å²) < 4.78 is 11.9. The van der Waals surface area contributed by atoms with Crippen molar-refractivity contribution in [3.8, 4) is 0 Å². The van der Waals surface area contributed by atoms with E-state index in [1.165, 1.54) is 0 Å². The predicted molar refractivity (Wildman–Crippen MR) is 202 cm³/mol. The van der Waals surface area contributed by atoms with Gasteiger partial charge in [-0.3, -0.25) is 14.4 Å². The molecule has 4 aliphatic rings. The molecule has 14 nitrogen and oxygen atoms in total. The van der Waals surface area contributed by atoms with Gasteiger partial charge in [-0.2, -0.15) is 0 Å². The number of benzene rings is 3. The minimum absolute atomic E-state index is 0.0285. The first-order chi connectivity index (χ1) is 26.0. The van der Waals surface area contributed by atoms with Crippen molar-refractivity contribution in [2.75, 3.05) is 16.8 Å². The minimum atomic E-state index is -3.12. The number of carbonyl (C=O) groups is 3. The van der Waals surface area contributed by atoms with E-state index in [2.05, 4.69) is 5.32 Å². The topological polar surface area (TPSA) is 210 Å². The highest BCUT2D eigenvalue weighted by atomic mass is 35.5. The number of anilines is 2. The van der Waals surface area contributed by atoms with E-state index in [1.54, 1.807) is 65.4 Å². The maximum absolute atomic E-state index is 14.9. The number of aliphatic hydroxyl groups is 5. The fourth-order valence-electron chi connectivity index (χ4n) is 8.96. The second-order valence-corrected chi connectivity index (χ2v) is 20.0. The van der Waals surface area contributed by atoms with E-state index in [0.717, 1.165) is 11.1 Å². The number of hydrogen-bond donors (Lipinski definition) is 7. The highest BCUT2D eigenvalue weighted by Crippen LogP contribution is 2.60. The van der Waals surface area contributed by atoms with Gasteiger partial charge in [-0.15, -0.1) is 0 Å². The number of aliphatic hydroxyl groups excluding tert-OH is 5. The Kier molecular flexibility index (Phi) is 10.7. The zero-order valence-electron chi connectivity index (χ0n) is 30.6.